The molecule has 0 unspecified atom stereocenters. The summed E-state index contributed by atoms with van der Waals surface area (Å²) in [7, 11) is 1.65. The third-order valence-corrected chi connectivity index (χ3v) is 6.05. The number of ether oxygens (including phenoxy) is 1. The number of benzene rings is 3. The third-order valence-electron chi connectivity index (χ3n) is 6.05. The molecule has 3 aromatic carbocycles. The van der Waals surface area contributed by atoms with E-state index in [1.165, 1.54) is 6.07 Å². The number of aromatic carboxylic acids is 1. The average molecular weight is 560 g/mol. The van der Waals surface area contributed by atoms with Gasteiger partial charge in [0.25, 0.3) is 5.91 Å². The van der Waals surface area contributed by atoms with Gasteiger partial charge in [0.2, 0.25) is 0 Å². The second-order valence-electron chi connectivity index (χ2n) is 8.84. The molecule has 9 nitrogen and oxygen atoms in total. The Balaban J connectivity index is 0.000000559. The molecule has 0 atom stereocenters. The fourth-order valence-electron chi connectivity index (χ4n) is 4.06. The summed E-state index contributed by atoms with van der Waals surface area (Å²) >= 11 is 0. The number of amides is 1. The Kier molecular flexibility index (Phi) is 9.59. The highest BCUT2D eigenvalue weighted by atomic mass is 19.4. The lowest BCUT2D eigenvalue weighted by atomic mass is 10.1. The number of carbonyl (C=O) groups excluding carboxylic acids is 1. The second-order valence-corrected chi connectivity index (χ2v) is 8.84. The Hall–Kier alpha value is -4.74. The molecule has 4 rings (SSSR count). The Labute approximate surface area is 228 Å². The average Bonchev–Trinajstić information content (AvgIpc) is 2.93. The molecule has 1 saturated heterocycles. The van der Waals surface area contributed by atoms with Crippen molar-refractivity contribution in [2.75, 3.05) is 48.4 Å². The van der Waals surface area contributed by atoms with Crippen LogP contribution in [0.25, 0.3) is 0 Å². The monoisotopic (exact) mass is 559 g/mol. The number of aryl methyl sites for hydroxylation is 1. The van der Waals surface area contributed by atoms with Crippen molar-refractivity contribution in [1.82, 2.24) is 0 Å². The number of halogens is 3. The lowest BCUT2D eigenvalue weighted by Gasteiger charge is -2.38. The number of hydrogen-bond acceptors (Lipinski definition) is 6. The zero-order chi connectivity index (χ0) is 29.4. The summed E-state index contributed by atoms with van der Waals surface area (Å²) in [5.41, 5.74) is 3.88. The summed E-state index contributed by atoms with van der Waals surface area (Å²) in [6, 6.07) is 20.3. The zero-order valence-corrected chi connectivity index (χ0v) is 21.7. The van der Waals surface area contributed by atoms with Crippen LogP contribution in [0.3, 0.4) is 0 Å². The quantitative estimate of drug-likeness (QED) is 0.390. The van der Waals surface area contributed by atoms with Crippen molar-refractivity contribution < 1.29 is 42.5 Å². The van der Waals surface area contributed by atoms with Crippen molar-refractivity contribution in [3.63, 3.8) is 0 Å². The standard InChI is InChI=1S/C26H27N3O4.C2HF3O2/c1-18-5-3-6-19(15-18)25(30)27-20-9-10-24(23(16-20)26(31)32)29-13-11-28(12-14-29)21-7-4-8-22(17-21)33-2;3-2(4,5)1(6)7/h3-10,15-17H,11-14H2,1-2H3,(H,27,30)(H,31,32);(H,6,7). The first-order chi connectivity index (χ1) is 18.9. The molecular weight excluding hydrogens is 531 g/mol. The lowest BCUT2D eigenvalue weighted by Crippen LogP contribution is -2.47. The first-order valence-corrected chi connectivity index (χ1v) is 12.1. The molecular formula is C28H28F3N3O6. The van der Waals surface area contributed by atoms with Gasteiger partial charge in [-0.05, 0) is 49.4 Å². The van der Waals surface area contributed by atoms with Crippen LogP contribution in [-0.2, 0) is 4.79 Å². The number of nitrogens with one attached hydrogen (secondary N) is 1. The van der Waals surface area contributed by atoms with Crippen LogP contribution in [0.1, 0.15) is 26.3 Å². The molecule has 212 valence electrons. The number of methoxy groups -OCH3 is 1. The number of hydrogen-bond donors (Lipinski definition) is 3. The summed E-state index contributed by atoms with van der Waals surface area (Å²) in [5, 5.41) is 19.8. The summed E-state index contributed by atoms with van der Waals surface area (Å²) in [6.07, 6.45) is -5.08. The normalized spacial score (nSPS) is 13.1. The summed E-state index contributed by atoms with van der Waals surface area (Å²) < 4.78 is 37.1. The van der Waals surface area contributed by atoms with E-state index in [2.05, 4.69) is 15.1 Å². The van der Waals surface area contributed by atoms with Crippen LogP contribution >= 0.6 is 0 Å². The van der Waals surface area contributed by atoms with Crippen LogP contribution in [-0.4, -0.2) is 67.5 Å². The second kappa shape index (κ2) is 12.9. The highest BCUT2D eigenvalue weighted by Crippen LogP contribution is 2.28. The summed E-state index contributed by atoms with van der Waals surface area (Å²) in [5.74, 6) is -3.24. The summed E-state index contributed by atoms with van der Waals surface area (Å²) in [6.45, 7) is 4.82. The molecule has 3 N–H and O–H groups in total. The number of piperazine rings is 1. The topological polar surface area (TPSA) is 119 Å². The van der Waals surface area contributed by atoms with Crippen LogP contribution in [0.2, 0.25) is 0 Å². The van der Waals surface area contributed by atoms with Crippen molar-refractivity contribution in [1.29, 1.82) is 0 Å². The number of aliphatic carboxylic acids is 1. The van der Waals surface area contributed by atoms with Crippen LogP contribution in [0.15, 0.2) is 66.7 Å². The molecule has 0 aromatic heterocycles. The maximum Gasteiger partial charge on any atom is 0.490 e. The minimum Gasteiger partial charge on any atom is -0.497 e. The molecule has 1 heterocycles. The van der Waals surface area contributed by atoms with Gasteiger partial charge < -0.3 is 30.1 Å². The minimum absolute atomic E-state index is 0.173. The van der Waals surface area contributed by atoms with Gasteiger partial charge in [-0.2, -0.15) is 13.2 Å². The Morgan fingerprint density at radius 2 is 1.50 bits per heavy atom. The molecule has 0 spiro atoms. The smallest absolute Gasteiger partial charge is 0.490 e. The van der Waals surface area contributed by atoms with Crippen molar-refractivity contribution in [2.45, 2.75) is 13.1 Å². The van der Waals surface area contributed by atoms with E-state index in [1.54, 1.807) is 31.4 Å². The van der Waals surface area contributed by atoms with Crippen molar-refractivity contribution >= 4 is 34.9 Å². The van der Waals surface area contributed by atoms with Gasteiger partial charge in [0, 0.05) is 49.2 Å². The van der Waals surface area contributed by atoms with Gasteiger partial charge >= 0.3 is 18.1 Å². The molecule has 40 heavy (non-hydrogen) atoms. The van der Waals surface area contributed by atoms with E-state index in [1.807, 2.05) is 43.3 Å². The van der Waals surface area contributed by atoms with E-state index >= 15 is 0 Å². The SMILES string of the molecule is COc1cccc(N2CCN(c3ccc(NC(=O)c4cccc(C)c4)cc3C(=O)O)CC2)c1.O=C(O)C(F)(F)F. The highest BCUT2D eigenvalue weighted by molar-refractivity contribution is 6.05. The van der Waals surface area contributed by atoms with Crippen LogP contribution in [0.5, 0.6) is 5.75 Å². The van der Waals surface area contributed by atoms with Crippen LogP contribution in [0, 0.1) is 6.92 Å². The van der Waals surface area contributed by atoms with E-state index in [9.17, 15) is 27.9 Å². The molecule has 1 aliphatic heterocycles. The Bertz CT molecular complexity index is 1370. The maximum atomic E-state index is 12.6. The van der Waals surface area contributed by atoms with E-state index in [0.29, 0.717) is 30.0 Å². The first-order valence-electron chi connectivity index (χ1n) is 12.1. The predicted molar refractivity (Wildman–Crippen MR) is 144 cm³/mol. The molecule has 0 aliphatic carbocycles. The number of nitrogens with zero attached hydrogens (tertiary/aromatic N) is 2. The maximum absolute atomic E-state index is 12.6. The first kappa shape index (κ1) is 29.8. The van der Waals surface area contributed by atoms with Gasteiger partial charge in [-0.1, -0.05) is 23.8 Å². The number of carbonyl (C=O) groups is 3. The van der Waals surface area contributed by atoms with Gasteiger partial charge in [0.1, 0.15) is 5.75 Å². The van der Waals surface area contributed by atoms with Crippen molar-refractivity contribution in [3.05, 3.63) is 83.4 Å². The molecule has 12 heteroatoms. The minimum atomic E-state index is -5.08. The van der Waals surface area contributed by atoms with Gasteiger partial charge in [-0.3, -0.25) is 4.79 Å². The van der Waals surface area contributed by atoms with Gasteiger partial charge in [0.15, 0.2) is 0 Å². The fourth-order valence-corrected chi connectivity index (χ4v) is 4.06. The zero-order valence-electron chi connectivity index (χ0n) is 21.7. The highest BCUT2D eigenvalue weighted by Gasteiger charge is 2.38. The molecule has 1 aliphatic rings. The number of carboxylic acids is 2. The van der Waals surface area contributed by atoms with Crippen molar-refractivity contribution in [3.8, 4) is 5.75 Å². The van der Waals surface area contributed by atoms with Crippen LogP contribution in [0.4, 0.5) is 30.2 Å². The summed E-state index contributed by atoms with van der Waals surface area (Å²) in [4.78, 5) is 37.8. The molecule has 0 radical (unpaired) electrons. The number of rotatable bonds is 6. The van der Waals surface area contributed by atoms with Gasteiger partial charge in [-0.15, -0.1) is 0 Å². The van der Waals surface area contributed by atoms with E-state index < -0.39 is 18.1 Å². The van der Waals surface area contributed by atoms with Gasteiger partial charge in [-0.25, -0.2) is 9.59 Å². The van der Waals surface area contributed by atoms with E-state index in [0.717, 1.165) is 30.1 Å². The van der Waals surface area contributed by atoms with Crippen molar-refractivity contribution in [2.24, 2.45) is 0 Å². The van der Waals surface area contributed by atoms with E-state index in [4.69, 9.17) is 14.6 Å². The molecule has 0 saturated carbocycles. The number of carboxylic acid groups (broad SMARTS) is 2. The van der Waals surface area contributed by atoms with E-state index in [-0.39, 0.29) is 11.5 Å². The Morgan fingerprint density at radius 1 is 0.875 bits per heavy atom. The number of anilines is 3. The molecule has 1 fully saturated rings. The third kappa shape index (κ3) is 7.88. The molecule has 3 aromatic rings. The van der Waals surface area contributed by atoms with Gasteiger partial charge in [0.05, 0.1) is 18.4 Å². The Morgan fingerprint density at radius 3 is 2.08 bits per heavy atom. The molecule has 1 amide bonds. The number of alkyl halides is 3. The van der Waals surface area contributed by atoms with Crippen LogP contribution < -0.4 is 19.9 Å². The fraction of sp³-hybridized carbons (Fsp3) is 0.250. The predicted octanol–water partition coefficient (Wildman–Crippen LogP) is 4.91. The lowest BCUT2D eigenvalue weighted by molar-refractivity contribution is -0.192. The molecule has 0 bridgehead atoms. The largest absolute Gasteiger partial charge is 0.497 e.